The van der Waals surface area contributed by atoms with E-state index in [-0.39, 0.29) is 6.42 Å². The van der Waals surface area contributed by atoms with Gasteiger partial charge in [-0.1, -0.05) is 71.0 Å². The maximum atomic E-state index is 12.6. The van der Waals surface area contributed by atoms with Gasteiger partial charge in [0.05, 0.1) is 6.04 Å². The van der Waals surface area contributed by atoms with Crippen LogP contribution in [-0.4, -0.2) is 35.0 Å². The Morgan fingerprint density at radius 3 is 2.07 bits per heavy atom. The van der Waals surface area contributed by atoms with Crippen LogP contribution >= 0.6 is 15.9 Å². The Morgan fingerprint density at radius 1 is 1.00 bits per heavy atom. The van der Waals surface area contributed by atoms with Crippen molar-refractivity contribution in [3.8, 4) is 0 Å². The van der Waals surface area contributed by atoms with Gasteiger partial charge < -0.3 is 21.5 Å². The number of nitrogens with two attached hydrogens (primary N) is 1. The fourth-order valence-corrected chi connectivity index (χ4v) is 3.00. The molecule has 2 aromatic rings. The highest BCUT2D eigenvalue weighted by molar-refractivity contribution is 9.11. The van der Waals surface area contributed by atoms with E-state index in [4.69, 9.17) is 5.73 Å². The fraction of sp³-hybridized carbons (Fsp3) is 0.190. The van der Waals surface area contributed by atoms with Crippen molar-refractivity contribution in [2.75, 3.05) is 0 Å². The SMILES string of the molecule is C=C(Br)C[C@H](NC(=O)[C@H](O)[C@@H](NC(=O)c1ccccc1)c1ccccc1)C(N)=O. The molecule has 0 unspecified atom stereocenters. The maximum absolute atomic E-state index is 12.6. The van der Waals surface area contributed by atoms with Crippen molar-refractivity contribution in [1.82, 2.24) is 10.6 Å². The third-order valence-corrected chi connectivity index (χ3v) is 4.47. The molecule has 7 nitrogen and oxygen atoms in total. The standard InChI is InChI=1S/C21H22BrN3O4/c1-13(22)12-16(19(23)27)24-21(29)18(26)17(14-8-4-2-5-9-14)25-20(28)15-10-6-3-7-11-15/h2-11,16-18,26H,1,12H2,(H2,23,27)(H,24,29)(H,25,28)/t16-,17-,18+/m0/s1. The molecule has 0 spiro atoms. The molecule has 2 aromatic carbocycles. The smallest absolute Gasteiger partial charge is 0.252 e. The number of carbonyl (C=O) groups excluding carboxylic acids is 3. The molecule has 0 fully saturated rings. The van der Waals surface area contributed by atoms with Gasteiger partial charge in [0, 0.05) is 12.0 Å². The Balaban J connectivity index is 2.23. The quantitative estimate of drug-likeness (QED) is 0.456. The number of rotatable bonds is 9. The van der Waals surface area contributed by atoms with Crippen molar-refractivity contribution in [1.29, 1.82) is 0 Å². The van der Waals surface area contributed by atoms with E-state index in [1.807, 2.05) is 0 Å². The highest BCUT2D eigenvalue weighted by Crippen LogP contribution is 2.19. The molecule has 0 aliphatic rings. The van der Waals surface area contributed by atoms with Crippen molar-refractivity contribution in [3.05, 3.63) is 82.9 Å². The second-order valence-electron chi connectivity index (χ2n) is 6.36. The summed E-state index contributed by atoms with van der Waals surface area (Å²) in [6.45, 7) is 3.62. The van der Waals surface area contributed by atoms with Crippen LogP contribution in [0.5, 0.6) is 0 Å². The van der Waals surface area contributed by atoms with Gasteiger partial charge >= 0.3 is 0 Å². The maximum Gasteiger partial charge on any atom is 0.252 e. The van der Waals surface area contributed by atoms with Gasteiger partial charge in [-0.15, -0.1) is 0 Å². The van der Waals surface area contributed by atoms with Gasteiger partial charge in [0.2, 0.25) is 5.91 Å². The summed E-state index contributed by atoms with van der Waals surface area (Å²) in [5, 5.41) is 15.8. The average Bonchev–Trinajstić information content (AvgIpc) is 2.71. The Labute approximate surface area is 177 Å². The minimum Gasteiger partial charge on any atom is -0.381 e. The summed E-state index contributed by atoms with van der Waals surface area (Å²) in [7, 11) is 0. The Hall–Kier alpha value is -2.97. The minimum atomic E-state index is -1.66. The molecule has 0 saturated heterocycles. The summed E-state index contributed by atoms with van der Waals surface area (Å²) in [5.74, 6) is -2.06. The van der Waals surface area contributed by atoms with Crippen molar-refractivity contribution in [2.45, 2.75) is 24.6 Å². The van der Waals surface area contributed by atoms with Gasteiger partial charge in [0.25, 0.3) is 11.8 Å². The van der Waals surface area contributed by atoms with Crippen LogP contribution in [0.3, 0.4) is 0 Å². The second kappa shape index (κ2) is 10.5. The number of benzene rings is 2. The molecule has 2 rings (SSSR count). The van der Waals surface area contributed by atoms with Gasteiger partial charge in [-0.2, -0.15) is 0 Å². The number of halogens is 1. The lowest BCUT2D eigenvalue weighted by atomic mass is 9.99. The molecule has 152 valence electrons. The first kappa shape index (κ1) is 22.3. The zero-order valence-electron chi connectivity index (χ0n) is 15.5. The van der Waals surface area contributed by atoms with Crippen LogP contribution in [0.1, 0.15) is 28.4 Å². The highest BCUT2D eigenvalue weighted by Gasteiger charge is 2.31. The van der Waals surface area contributed by atoms with Crippen LogP contribution in [-0.2, 0) is 9.59 Å². The number of nitrogens with one attached hydrogen (secondary N) is 2. The first-order chi connectivity index (χ1) is 13.8. The second-order valence-corrected chi connectivity index (χ2v) is 7.48. The minimum absolute atomic E-state index is 0.0696. The predicted molar refractivity (Wildman–Crippen MR) is 113 cm³/mol. The van der Waals surface area contributed by atoms with Gasteiger partial charge in [-0.25, -0.2) is 0 Å². The Morgan fingerprint density at radius 2 is 1.55 bits per heavy atom. The largest absolute Gasteiger partial charge is 0.381 e. The Bertz CT molecular complexity index is 874. The highest BCUT2D eigenvalue weighted by atomic mass is 79.9. The van der Waals surface area contributed by atoms with E-state index in [2.05, 4.69) is 33.1 Å². The number of aliphatic hydroxyl groups excluding tert-OH is 1. The van der Waals surface area contributed by atoms with Crippen molar-refractivity contribution < 1.29 is 19.5 Å². The van der Waals surface area contributed by atoms with E-state index in [0.717, 1.165) is 0 Å². The number of primary amides is 1. The first-order valence-corrected chi connectivity index (χ1v) is 9.60. The summed E-state index contributed by atoms with van der Waals surface area (Å²) < 4.78 is 0.466. The molecule has 0 aliphatic carbocycles. The zero-order chi connectivity index (χ0) is 21.4. The van der Waals surface area contributed by atoms with E-state index >= 15 is 0 Å². The number of aliphatic hydroxyl groups is 1. The molecular weight excluding hydrogens is 438 g/mol. The van der Waals surface area contributed by atoms with Gasteiger partial charge in [0.15, 0.2) is 6.10 Å². The summed E-state index contributed by atoms with van der Waals surface area (Å²) in [6.07, 6.45) is -1.59. The van der Waals surface area contributed by atoms with Crippen LogP contribution in [0.25, 0.3) is 0 Å². The molecule has 0 radical (unpaired) electrons. The van der Waals surface area contributed by atoms with Crippen LogP contribution in [0.15, 0.2) is 71.7 Å². The molecule has 3 atom stereocenters. The van der Waals surface area contributed by atoms with Crippen LogP contribution < -0.4 is 16.4 Å². The number of carbonyl (C=O) groups is 3. The van der Waals surface area contributed by atoms with Crippen molar-refractivity contribution in [3.63, 3.8) is 0 Å². The molecule has 0 aliphatic heterocycles. The van der Waals surface area contributed by atoms with Gasteiger partial charge in [-0.3, -0.25) is 14.4 Å². The summed E-state index contributed by atoms with van der Waals surface area (Å²) >= 11 is 3.12. The number of hydrogen-bond donors (Lipinski definition) is 4. The van der Waals surface area contributed by atoms with Crippen LogP contribution in [0, 0.1) is 0 Å². The molecule has 0 saturated carbocycles. The van der Waals surface area contributed by atoms with Crippen LogP contribution in [0.4, 0.5) is 0 Å². The molecule has 0 aromatic heterocycles. The average molecular weight is 460 g/mol. The summed E-state index contributed by atoms with van der Waals surface area (Å²) in [5.41, 5.74) is 6.22. The fourth-order valence-electron chi connectivity index (χ4n) is 2.67. The summed E-state index contributed by atoms with van der Waals surface area (Å²) in [6, 6.07) is 14.9. The lowest BCUT2D eigenvalue weighted by Gasteiger charge is -2.25. The molecule has 8 heteroatoms. The van der Waals surface area contributed by atoms with Gasteiger partial charge in [-0.05, 0) is 22.2 Å². The number of amides is 3. The molecule has 0 bridgehead atoms. The lowest BCUT2D eigenvalue weighted by molar-refractivity contribution is -0.134. The van der Waals surface area contributed by atoms with Gasteiger partial charge in [0.1, 0.15) is 6.04 Å². The number of hydrogen-bond acceptors (Lipinski definition) is 4. The molecular formula is C21H22BrN3O4. The van der Waals surface area contributed by atoms with Crippen LogP contribution in [0.2, 0.25) is 0 Å². The van der Waals surface area contributed by atoms with E-state index in [0.29, 0.717) is 15.6 Å². The predicted octanol–water partition coefficient (Wildman–Crippen LogP) is 1.79. The zero-order valence-corrected chi connectivity index (χ0v) is 17.1. The van der Waals surface area contributed by atoms with E-state index < -0.39 is 35.9 Å². The first-order valence-electron chi connectivity index (χ1n) is 8.81. The van der Waals surface area contributed by atoms with E-state index in [1.165, 1.54) is 0 Å². The normalized spacial score (nSPS) is 13.6. The molecule has 5 N–H and O–H groups in total. The third-order valence-electron chi connectivity index (χ3n) is 4.15. The molecule has 0 heterocycles. The topological polar surface area (TPSA) is 122 Å². The lowest BCUT2D eigenvalue weighted by Crippen LogP contribution is -2.51. The van der Waals surface area contributed by atoms with E-state index in [9.17, 15) is 19.5 Å². The molecule has 29 heavy (non-hydrogen) atoms. The van der Waals surface area contributed by atoms with Crippen molar-refractivity contribution in [2.24, 2.45) is 5.73 Å². The monoisotopic (exact) mass is 459 g/mol. The summed E-state index contributed by atoms with van der Waals surface area (Å²) in [4.78, 5) is 36.8. The molecule has 3 amide bonds. The third kappa shape index (κ3) is 6.55. The van der Waals surface area contributed by atoms with E-state index in [1.54, 1.807) is 60.7 Å². The Kier molecular flexibility index (Phi) is 8.11. The van der Waals surface area contributed by atoms with Crippen molar-refractivity contribution >= 4 is 33.7 Å².